The van der Waals surface area contributed by atoms with E-state index in [1.54, 1.807) is 0 Å². The van der Waals surface area contributed by atoms with Crippen LogP contribution in [0.5, 0.6) is 0 Å². The molecule has 1 amide bonds. The van der Waals surface area contributed by atoms with Crippen LogP contribution in [0.1, 0.15) is 98.3 Å². The lowest BCUT2D eigenvalue weighted by Crippen LogP contribution is -2.70. The normalized spacial score (nSPS) is 43.9. The maximum atomic E-state index is 12.7. The number of hydrogen-bond acceptors (Lipinski definition) is 5. The van der Waals surface area contributed by atoms with E-state index in [0.717, 1.165) is 32.2 Å². The molecule has 2 bridgehead atoms. The van der Waals surface area contributed by atoms with Crippen LogP contribution in [0.15, 0.2) is 0 Å². The van der Waals surface area contributed by atoms with Crippen LogP contribution in [-0.2, 0) is 24.0 Å². The quantitative estimate of drug-likeness (QED) is 0.401. The van der Waals surface area contributed by atoms with Crippen molar-refractivity contribution in [2.45, 2.75) is 122 Å². The lowest BCUT2D eigenvalue weighted by Gasteiger charge is -2.60. The fraction of sp³-hybridized carbons (Fsp3) is 0.960. The van der Waals surface area contributed by atoms with Crippen molar-refractivity contribution in [1.29, 1.82) is 0 Å². The summed E-state index contributed by atoms with van der Waals surface area (Å²) in [5.41, 5.74) is -0.543. The number of rotatable bonds is 9. The van der Waals surface area contributed by atoms with Crippen LogP contribution in [0.25, 0.3) is 0 Å². The van der Waals surface area contributed by atoms with Crippen LogP contribution in [0.4, 0.5) is 0 Å². The lowest BCUT2D eigenvalue weighted by atomic mass is 9.57. The van der Waals surface area contributed by atoms with E-state index in [-0.39, 0.29) is 23.8 Å². The molecule has 178 valence electrons. The smallest absolute Gasteiger partial charge is 0.222 e. The number of unbranched alkanes of at least 4 members (excludes halogenated alkanes) is 5. The summed E-state index contributed by atoms with van der Waals surface area (Å²) in [6, 6.07) is 0. The fourth-order valence-corrected chi connectivity index (χ4v) is 6.60. The molecule has 4 heterocycles. The lowest BCUT2D eigenvalue weighted by molar-refractivity contribution is -0.570. The number of nitrogens with one attached hydrogen (secondary N) is 1. The zero-order valence-corrected chi connectivity index (χ0v) is 20.0. The Morgan fingerprint density at radius 1 is 1.00 bits per heavy atom. The summed E-state index contributed by atoms with van der Waals surface area (Å²) in [5.74, 6) is 0.754. The first-order valence-corrected chi connectivity index (χ1v) is 12.9. The van der Waals surface area contributed by atoms with E-state index in [0.29, 0.717) is 18.3 Å². The van der Waals surface area contributed by atoms with Crippen molar-refractivity contribution >= 4 is 5.91 Å². The van der Waals surface area contributed by atoms with Crippen molar-refractivity contribution < 1.29 is 24.0 Å². The maximum absolute atomic E-state index is 12.7. The molecule has 0 radical (unpaired) electrons. The van der Waals surface area contributed by atoms with Crippen molar-refractivity contribution in [2.24, 2.45) is 23.7 Å². The zero-order chi connectivity index (χ0) is 22.1. The molecule has 8 atom stereocenters. The van der Waals surface area contributed by atoms with Crippen molar-refractivity contribution in [1.82, 2.24) is 5.32 Å². The zero-order valence-electron chi connectivity index (χ0n) is 20.0. The van der Waals surface area contributed by atoms with Gasteiger partial charge in [0.2, 0.25) is 11.7 Å². The van der Waals surface area contributed by atoms with Crippen molar-refractivity contribution in [2.75, 3.05) is 6.54 Å². The van der Waals surface area contributed by atoms with Gasteiger partial charge in [-0.15, -0.1) is 0 Å². The van der Waals surface area contributed by atoms with Crippen molar-refractivity contribution in [3.8, 4) is 0 Å². The fourth-order valence-electron chi connectivity index (χ4n) is 6.60. The number of carbonyl (C=O) groups is 1. The van der Waals surface area contributed by atoms with Gasteiger partial charge in [0, 0.05) is 18.9 Å². The molecule has 5 rings (SSSR count). The molecule has 5 aliphatic rings. The molecule has 6 heteroatoms. The van der Waals surface area contributed by atoms with E-state index in [1.807, 2.05) is 6.92 Å². The second-order valence-corrected chi connectivity index (χ2v) is 10.8. The second-order valence-electron chi connectivity index (χ2n) is 10.8. The van der Waals surface area contributed by atoms with Crippen molar-refractivity contribution in [3.05, 3.63) is 0 Å². The SMILES string of the molecule is CCCCCCCCNC(=O)C[C@H]1O[C@@H]2O[C@@]3(C)CC[C@H]4[C@H](C)CC[C@@H]([C@H]1C)[C@@]24OO3. The number of carbonyl (C=O) groups excluding carboxylic acids is 1. The van der Waals surface area contributed by atoms with Gasteiger partial charge in [-0.1, -0.05) is 52.9 Å². The number of fused-ring (bicyclic) bond motifs is 2. The Bertz CT molecular complexity index is 629. The molecule has 5 fully saturated rings. The Morgan fingerprint density at radius 2 is 1.77 bits per heavy atom. The van der Waals surface area contributed by atoms with E-state index in [4.69, 9.17) is 19.2 Å². The third kappa shape index (κ3) is 4.55. The Kier molecular flexibility index (Phi) is 7.31. The molecule has 4 aliphatic heterocycles. The molecular formula is C25H43NO5. The summed E-state index contributed by atoms with van der Waals surface area (Å²) in [7, 11) is 0. The summed E-state index contributed by atoms with van der Waals surface area (Å²) < 4.78 is 12.9. The van der Waals surface area contributed by atoms with Crippen LogP contribution in [0, 0.1) is 23.7 Å². The average Bonchev–Trinajstić information content (AvgIpc) is 2.97. The van der Waals surface area contributed by atoms with Crippen LogP contribution >= 0.6 is 0 Å². The highest BCUT2D eigenvalue weighted by atomic mass is 17.3. The predicted octanol–water partition coefficient (Wildman–Crippen LogP) is 5.10. The summed E-state index contributed by atoms with van der Waals surface area (Å²) >= 11 is 0. The molecule has 6 nitrogen and oxygen atoms in total. The van der Waals surface area contributed by atoms with Gasteiger partial charge < -0.3 is 14.8 Å². The molecule has 0 aromatic carbocycles. The van der Waals surface area contributed by atoms with E-state index >= 15 is 0 Å². The van der Waals surface area contributed by atoms with Gasteiger partial charge in [0.05, 0.1) is 12.5 Å². The number of ether oxygens (including phenoxy) is 2. The van der Waals surface area contributed by atoms with Gasteiger partial charge in [-0.2, -0.15) is 0 Å². The first kappa shape index (κ1) is 23.5. The van der Waals surface area contributed by atoms with Crippen LogP contribution in [0.3, 0.4) is 0 Å². The molecule has 1 aliphatic carbocycles. The van der Waals surface area contributed by atoms with E-state index < -0.39 is 17.7 Å². The van der Waals surface area contributed by atoms with Crippen LogP contribution in [-0.4, -0.2) is 36.2 Å². The molecule has 1 saturated carbocycles. The van der Waals surface area contributed by atoms with Gasteiger partial charge in [-0.3, -0.25) is 4.79 Å². The molecular weight excluding hydrogens is 394 g/mol. The average molecular weight is 438 g/mol. The molecule has 0 aromatic heterocycles. The monoisotopic (exact) mass is 437 g/mol. The molecule has 0 aromatic rings. The van der Waals surface area contributed by atoms with Crippen LogP contribution in [0.2, 0.25) is 0 Å². The van der Waals surface area contributed by atoms with Gasteiger partial charge in [0.25, 0.3) is 0 Å². The Labute approximate surface area is 188 Å². The highest BCUT2D eigenvalue weighted by Gasteiger charge is 2.69. The van der Waals surface area contributed by atoms with Gasteiger partial charge >= 0.3 is 0 Å². The molecule has 1 N–H and O–H groups in total. The first-order valence-electron chi connectivity index (χ1n) is 12.9. The summed E-state index contributed by atoms with van der Waals surface area (Å²) in [6.07, 6.45) is 11.3. The third-order valence-corrected chi connectivity index (χ3v) is 8.53. The topological polar surface area (TPSA) is 66.0 Å². The Balaban J connectivity index is 1.36. The molecule has 0 unspecified atom stereocenters. The van der Waals surface area contributed by atoms with Crippen LogP contribution < -0.4 is 5.32 Å². The van der Waals surface area contributed by atoms with E-state index in [2.05, 4.69) is 26.1 Å². The largest absolute Gasteiger partial charge is 0.356 e. The Morgan fingerprint density at radius 3 is 2.58 bits per heavy atom. The van der Waals surface area contributed by atoms with Gasteiger partial charge in [-0.05, 0) is 50.4 Å². The summed E-state index contributed by atoms with van der Waals surface area (Å²) in [4.78, 5) is 24.7. The third-order valence-electron chi connectivity index (χ3n) is 8.53. The number of hydrogen-bond donors (Lipinski definition) is 1. The minimum Gasteiger partial charge on any atom is -0.356 e. The molecule has 1 spiro atoms. The number of amides is 1. The summed E-state index contributed by atoms with van der Waals surface area (Å²) in [5, 5.41) is 3.11. The van der Waals surface area contributed by atoms with Gasteiger partial charge in [0.1, 0.15) is 0 Å². The van der Waals surface area contributed by atoms with Crippen molar-refractivity contribution in [3.63, 3.8) is 0 Å². The first-order chi connectivity index (χ1) is 14.9. The standard InChI is InChI=1S/C25H43NO5/c1-5-6-7-8-9-10-15-26-22(27)16-21-18(3)20-12-11-17(2)19-13-14-24(4)29-23(28-21)25(19,20)31-30-24/h17-21,23H,5-16H2,1-4H3,(H,26,27)/t17-,18-,19+,20+,21-,23-,24-,25-/m1/s1. The molecule has 4 saturated heterocycles. The minimum absolute atomic E-state index is 0.0873. The van der Waals surface area contributed by atoms with Gasteiger partial charge in [0.15, 0.2) is 11.9 Å². The molecule has 31 heavy (non-hydrogen) atoms. The predicted molar refractivity (Wildman–Crippen MR) is 118 cm³/mol. The maximum Gasteiger partial charge on any atom is 0.222 e. The Hall–Kier alpha value is -0.690. The summed E-state index contributed by atoms with van der Waals surface area (Å²) in [6.45, 7) is 9.48. The highest BCUT2D eigenvalue weighted by molar-refractivity contribution is 5.76. The van der Waals surface area contributed by atoms with Gasteiger partial charge in [-0.25, -0.2) is 9.78 Å². The second kappa shape index (κ2) is 9.66. The highest BCUT2D eigenvalue weighted by Crippen LogP contribution is 2.60. The van der Waals surface area contributed by atoms with E-state index in [9.17, 15) is 4.79 Å². The minimum atomic E-state index is -0.761. The van der Waals surface area contributed by atoms with E-state index in [1.165, 1.54) is 38.5 Å².